The predicted octanol–water partition coefficient (Wildman–Crippen LogP) is 4.71. The van der Waals surface area contributed by atoms with Gasteiger partial charge >= 0.3 is 5.76 Å². The summed E-state index contributed by atoms with van der Waals surface area (Å²) in [7, 11) is -2.32. The maximum absolute atomic E-state index is 12.5. The third kappa shape index (κ3) is 7.64. The van der Waals surface area contributed by atoms with Gasteiger partial charge in [0.15, 0.2) is 5.58 Å². The SMILES string of the molecule is COCCOC1CCC(C)(N2CCC(n3c(=O)oc4ccc(C#N)cc43)CC2)CC1.Cc1ccc(S(=O)(=O)O)cc1. The van der Waals surface area contributed by atoms with Gasteiger partial charge in [-0.1, -0.05) is 17.7 Å². The molecule has 1 aromatic heterocycles. The van der Waals surface area contributed by atoms with Gasteiger partial charge in [0.2, 0.25) is 0 Å². The fourth-order valence-electron chi connectivity index (χ4n) is 5.82. The Morgan fingerprint density at radius 2 is 1.73 bits per heavy atom. The molecule has 0 atom stereocenters. The van der Waals surface area contributed by atoms with Crippen LogP contribution in [0.2, 0.25) is 0 Å². The van der Waals surface area contributed by atoms with Gasteiger partial charge < -0.3 is 13.9 Å². The van der Waals surface area contributed by atoms with Crippen LogP contribution in [-0.2, 0) is 19.6 Å². The van der Waals surface area contributed by atoms with Gasteiger partial charge in [0.1, 0.15) is 0 Å². The zero-order chi connectivity index (χ0) is 29.6. The van der Waals surface area contributed by atoms with Crippen LogP contribution in [0, 0.1) is 18.3 Å². The molecule has 0 radical (unpaired) electrons. The molecule has 2 aromatic carbocycles. The Hall–Kier alpha value is -3.01. The summed E-state index contributed by atoms with van der Waals surface area (Å²) >= 11 is 0. The predicted molar refractivity (Wildman–Crippen MR) is 155 cm³/mol. The van der Waals surface area contributed by atoms with Crippen LogP contribution < -0.4 is 5.76 Å². The Labute approximate surface area is 241 Å². The van der Waals surface area contributed by atoms with E-state index in [2.05, 4.69) is 17.9 Å². The first-order valence-electron chi connectivity index (χ1n) is 14.0. The Morgan fingerprint density at radius 3 is 2.32 bits per heavy atom. The molecule has 222 valence electrons. The molecule has 2 aliphatic rings. The van der Waals surface area contributed by atoms with E-state index in [0.29, 0.717) is 30.5 Å². The summed E-state index contributed by atoms with van der Waals surface area (Å²) < 4.78 is 47.7. The van der Waals surface area contributed by atoms with Gasteiger partial charge in [0, 0.05) is 31.8 Å². The second kappa shape index (κ2) is 13.3. The number of aryl methyl sites for hydroxylation is 1. The number of nitriles is 1. The van der Waals surface area contributed by atoms with Gasteiger partial charge in [0.05, 0.1) is 41.4 Å². The number of hydrogen-bond donors (Lipinski definition) is 1. The van der Waals surface area contributed by atoms with E-state index in [0.717, 1.165) is 62.7 Å². The molecule has 1 aliphatic heterocycles. The lowest BCUT2D eigenvalue weighted by Crippen LogP contribution is -2.53. The minimum absolute atomic E-state index is 0.0666. The number of rotatable bonds is 7. The van der Waals surface area contributed by atoms with Crippen molar-refractivity contribution in [3.63, 3.8) is 0 Å². The minimum atomic E-state index is -4.02. The molecule has 0 spiro atoms. The van der Waals surface area contributed by atoms with Crippen LogP contribution in [0.4, 0.5) is 0 Å². The number of ether oxygens (including phenoxy) is 2. The van der Waals surface area contributed by atoms with Gasteiger partial charge in [-0.2, -0.15) is 13.7 Å². The fourth-order valence-corrected chi connectivity index (χ4v) is 6.30. The third-order valence-electron chi connectivity index (χ3n) is 8.30. The second-order valence-corrected chi connectivity index (χ2v) is 12.5. The second-order valence-electron chi connectivity index (χ2n) is 11.1. The Bertz CT molecular complexity index is 1510. The molecule has 11 heteroatoms. The largest absolute Gasteiger partial charge is 0.420 e. The van der Waals surface area contributed by atoms with E-state index in [1.165, 1.54) is 12.1 Å². The maximum atomic E-state index is 12.5. The normalized spacial score (nSPS) is 22.2. The third-order valence-corrected chi connectivity index (χ3v) is 9.17. The van der Waals surface area contributed by atoms with Gasteiger partial charge in [-0.05, 0) is 82.7 Å². The van der Waals surface area contributed by atoms with Crippen molar-refractivity contribution >= 4 is 21.2 Å². The number of nitrogens with zero attached hydrogens (tertiary/aromatic N) is 3. The first kappa shape index (κ1) is 30.9. The monoisotopic (exact) mass is 585 g/mol. The first-order chi connectivity index (χ1) is 19.5. The van der Waals surface area contributed by atoms with E-state index in [1.807, 2.05) is 6.92 Å². The van der Waals surface area contributed by atoms with E-state index in [-0.39, 0.29) is 22.2 Å². The van der Waals surface area contributed by atoms with E-state index in [4.69, 9.17) is 18.4 Å². The topological polar surface area (TPSA) is 135 Å². The molecule has 0 unspecified atom stereocenters. The van der Waals surface area contributed by atoms with Crippen LogP contribution in [0.5, 0.6) is 0 Å². The van der Waals surface area contributed by atoms with Crippen LogP contribution in [0.25, 0.3) is 11.1 Å². The molecular formula is C30H39N3O7S. The average Bonchev–Trinajstić information content (AvgIpc) is 3.29. The summed E-state index contributed by atoms with van der Waals surface area (Å²) in [5.41, 5.74) is 2.99. The molecule has 2 fully saturated rings. The molecule has 1 saturated heterocycles. The van der Waals surface area contributed by atoms with Crippen molar-refractivity contribution in [2.24, 2.45) is 0 Å². The summed E-state index contributed by atoms with van der Waals surface area (Å²) in [5.74, 6) is -0.321. The molecule has 1 saturated carbocycles. The lowest BCUT2D eigenvalue weighted by atomic mass is 9.79. The summed E-state index contributed by atoms with van der Waals surface area (Å²) in [4.78, 5) is 15.0. The molecule has 10 nitrogen and oxygen atoms in total. The van der Waals surface area contributed by atoms with Crippen molar-refractivity contribution in [2.75, 3.05) is 33.4 Å². The van der Waals surface area contributed by atoms with Crippen molar-refractivity contribution in [1.82, 2.24) is 9.47 Å². The molecule has 1 N–H and O–H groups in total. The van der Waals surface area contributed by atoms with Crippen LogP contribution in [0.3, 0.4) is 0 Å². The highest BCUT2D eigenvalue weighted by molar-refractivity contribution is 7.85. The van der Waals surface area contributed by atoms with Crippen LogP contribution in [0.15, 0.2) is 56.6 Å². The van der Waals surface area contributed by atoms with Gasteiger partial charge in [-0.3, -0.25) is 14.0 Å². The lowest BCUT2D eigenvalue weighted by molar-refractivity contribution is -0.0419. The number of likely N-dealkylation sites (tertiary alicyclic amines) is 1. The van der Waals surface area contributed by atoms with Gasteiger partial charge in [-0.15, -0.1) is 0 Å². The molecule has 2 heterocycles. The number of piperidine rings is 1. The number of methoxy groups -OCH3 is 1. The zero-order valence-corrected chi connectivity index (χ0v) is 24.7. The van der Waals surface area contributed by atoms with Crippen molar-refractivity contribution in [3.8, 4) is 6.07 Å². The summed E-state index contributed by atoms with van der Waals surface area (Å²) in [6.07, 6.45) is 6.61. The summed E-state index contributed by atoms with van der Waals surface area (Å²) in [6.45, 7) is 7.47. The number of hydrogen-bond acceptors (Lipinski definition) is 8. The van der Waals surface area contributed by atoms with E-state index in [1.54, 1.807) is 42.0 Å². The quantitative estimate of drug-likeness (QED) is 0.309. The molecule has 1 aliphatic carbocycles. The molecule has 0 amide bonds. The van der Waals surface area contributed by atoms with Crippen LogP contribution in [-0.4, -0.2) is 67.5 Å². The molecule has 5 rings (SSSR count). The van der Waals surface area contributed by atoms with Crippen LogP contribution in [0.1, 0.15) is 62.6 Å². The highest BCUT2D eigenvalue weighted by Crippen LogP contribution is 2.38. The van der Waals surface area contributed by atoms with Crippen molar-refractivity contribution < 1.29 is 26.9 Å². The van der Waals surface area contributed by atoms with E-state index >= 15 is 0 Å². The molecule has 3 aromatic rings. The first-order valence-corrected chi connectivity index (χ1v) is 15.4. The lowest BCUT2D eigenvalue weighted by Gasteiger charge is -2.48. The number of fused-ring (bicyclic) bond motifs is 1. The minimum Gasteiger partial charge on any atom is -0.408 e. The fraction of sp³-hybridized carbons (Fsp3) is 0.533. The van der Waals surface area contributed by atoms with Gasteiger partial charge in [0.25, 0.3) is 10.1 Å². The molecule has 0 bridgehead atoms. The van der Waals surface area contributed by atoms with E-state index in [9.17, 15) is 18.5 Å². The Balaban J connectivity index is 0.000000296. The standard InChI is InChI=1S/C23H31N3O4.C7H8O3S/c1-23(9-5-19(6-10-23)29-14-13-28-2)25-11-7-18(8-12-25)26-20-15-17(16-24)3-4-21(20)30-22(26)27;1-6-2-4-7(5-3-6)11(8,9)10/h3-4,15,18-19H,5-14H2,1-2H3;2-5H,1H3,(H,8,9,10). The highest BCUT2D eigenvalue weighted by Gasteiger charge is 2.38. The average molecular weight is 586 g/mol. The van der Waals surface area contributed by atoms with Gasteiger partial charge in [-0.25, -0.2) is 4.79 Å². The van der Waals surface area contributed by atoms with Crippen molar-refractivity contribution in [3.05, 3.63) is 64.1 Å². The molecular weight excluding hydrogens is 546 g/mol. The molecule has 41 heavy (non-hydrogen) atoms. The number of aromatic nitrogens is 1. The number of oxazole rings is 1. The summed E-state index contributed by atoms with van der Waals surface area (Å²) in [5, 5.41) is 9.20. The highest BCUT2D eigenvalue weighted by atomic mass is 32.2. The zero-order valence-electron chi connectivity index (χ0n) is 23.9. The Kier molecular flexibility index (Phi) is 10.0. The number of benzene rings is 2. The van der Waals surface area contributed by atoms with E-state index < -0.39 is 10.1 Å². The Morgan fingerprint density at radius 1 is 1.07 bits per heavy atom. The van der Waals surface area contributed by atoms with Crippen molar-refractivity contribution in [2.45, 2.75) is 75.0 Å². The summed E-state index contributed by atoms with van der Waals surface area (Å²) in [6, 6.07) is 13.4. The smallest absolute Gasteiger partial charge is 0.408 e. The van der Waals surface area contributed by atoms with Crippen LogP contribution >= 0.6 is 0 Å². The van der Waals surface area contributed by atoms with Crippen molar-refractivity contribution in [1.29, 1.82) is 5.26 Å². The maximum Gasteiger partial charge on any atom is 0.420 e.